The SMILES string of the molecule is CN(C)CCOc1cc(-c2cn[nH]c2)ccc1NC(=O)C(O)c1ccc(F)cc1.O=C(O)C(F)(F)F. The van der Waals surface area contributed by atoms with Gasteiger partial charge in [0.25, 0.3) is 5.91 Å². The minimum Gasteiger partial charge on any atom is -0.490 e. The Morgan fingerprint density at radius 1 is 1.14 bits per heavy atom. The summed E-state index contributed by atoms with van der Waals surface area (Å²) in [5.41, 5.74) is 2.48. The highest BCUT2D eigenvalue weighted by atomic mass is 19.4. The lowest BCUT2D eigenvalue weighted by Crippen LogP contribution is -2.22. The lowest BCUT2D eigenvalue weighted by molar-refractivity contribution is -0.192. The molecule has 9 nitrogen and oxygen atoms in total. The van der Waals surface area contributed by atoms with E-state index in [1.807, 2.05) is 25.1 Å². The van der Waals surface area contributed by atoms with Gasteiger partial charge in [0.1, 0.15) is 18.2 Å². The maximum Gasteiger partial charge on any atom is 0.490 e. The van der Waals surface area contributed by atoms with Crippen molar-refractivity contribution in [3.63, 3.8) is 0 Å². The molecule has 36 heavy (non-hydrogen) atoms. The fourth-order valence-corrected chi connectivity index (χ4v) is 2.67. The Hall–Kier alpha value is -3.97. The Morgan fingerprint density at radius 2 is 1.78 bits per heavy atom. The molecular formula is C23H24F4N4O5. The van der Waals surface area contributed by atoms with E-state index >= 15 is 0 Å². The molecule has 3 aromatic rings. The van der Waals surface area contributed by atoms with E-state index in [4.69, 9.17) is 14.6 Å². The zero-order valence-electron chi connectivity index (χ0n) is 19.2. The van der Waals surface area contributed by atoms with E-state index < -0.39 is 30.0 Å². The first-order valence-corrected chi connectivity index (χ1v) is 10.3. The number of nitrogens with zero attached hydrogens (tertiary/aromatic N) is 2. The second-order valence-corrected chi connectivity index (χ2v) is 7.60. The maximum atomic E-state index is 13.1. The van der Waals surface area contributed by atoms with Crippen LogP contribution in [0.1, 0.15) is 11.7 Å². The number of carboxylic acids is 1. The van der Waals surface area contributed by atoms with Crippen molar-refractivity contribution in [2.45, 2.75) is 12.3 Å². The molecule has 0 bridgehead atoms. The molecule has 13 heteroatoms. The number of hydrogen-bond acceptors (Lipinski definition) is 6. The summed E-state index contributed by atoms with van der Waals surface area (Å²) in [5, 5.41) is 26.8. The monoisotopic (exact) mass is 512 g/mol. The smallest absolute Gasteiger partial charge is 0.490 e. The van der Waals surface area contributed by atoms with E-state index in [0.717, 1.165) is 11.1 Å². The fourth-order valence-electron chi connectivity index (χ4n) is 2.67. The minimum absolute atomic E-state index is 0.300. The summed E-state index contributed by atoms with van der Waals surface area (Å²) in [6.07, 6.45) is -3.07. The Morgan fingerprint density at radius 3 is 2.31 bits per heavy atom. The van der Waals surface area contributed by atoms with Crippen molar-refractivity contribution < 1.29 is 42.1 Å². The number of aliphatic hydroxyl groups is 1. The molecule has 0 radical (unpaired) electrons. The zero-order valence-corrected chi connectivity index (χ0v) is 19.2. The van der Waals surface area contributed by atoms with E-state index in [9.17, 15) is 27.5 Å². The Kier molecular flexibility index (Phi) is 9.93. The number of anilines is 1. The maximum absolute atomic E-state index is 13.1. The van der Waals surface area contributed by atoms with Crippen molar-refractivity contribution in [1.29, 1.82) is 0 Å². The number of likely N-dealkylation sites (N-methyl/N-ethyl adjacent to an activating group) is 1. The number of aliphatic carboxylic acids is 1. The summed E-state index contributed by atoms with van der Waals surface area (Å²) in [6.45, 7) is 1.12. The Bertz CT molecular complexity index is 1140. The standard InChI is InChI=1S/C21H23FN4O3.C2HF3O2/c1-26(2)9-10-29-19-11-15(16-12-23-24-13-16)5-8-18(19)25-21(28)20(27)14-3-6-17(22)7-4-14;3-2(4,5)1(6)7/h3-8,11-13,20,27H,9-10H2,1-2H3,(H,23,24)(H,25,28);(H,6,7). The summed E-state index contributed by atoms with van der Waals surface area (Å²) in [6, 6.07) is 10.5. The molecule has 0 fully saturated rings. The average Bonchev–Trinajstić information content (AvgIpc) is 3.34. The van der Waals surface area contributed by atoms with Crippen LogP contribution in [0.5, 0.6) is 5.75 Å². The molecule has 0 aliphatic heterocycles. The van der Waals surface area contributed by atoms with Crippen molar-refractivity contribution in [3.05, 3.63) is 66.2 Å². The number of alkyl halides is 3. The van der Waals surface area contributed by atoms with Gasteiger partial charge in [-0.15, -0.1) is 0 Å². The summed E-state index contributed by atoms with van der Waals surface area (Å²) < 4.78 is 50.7. The molecule has 1 heterocycles. The summed E-state index contributed by atoms with van der Waals surface area (Å²) in [5.74, 6) is -3.35. The molecule has 0 aliphatic carbocycles. The normalized spacial score (nSPS) is 11.9. The molecule has 1 unspecified atom stereocenters. The number of amides is 1. The third kappa shape index (κ3) is 8.67. The molecule has 0 saturated carbocycles. The highest BCUT2D eigenvalue weighted by Gasteiger charge is 2.38. The van der Waals surface area contributed by atoms with Gasteiger partial charge in [-0.25, -0.2) is 9.18 Å². The Balaban J connectivity index is 0.000000572. The van der Waals surface area contributed by atoms with Gasteiger partial charge in [-0.2, -0.15) is 18.3 Å². The van der Waals surface area contributed by atoms with Crippen molar-refractivity contribution in [1.82, 2.24) is 15.1 Å². The lowest BCUT2D eigenvalue weighted by Gasteiger charge is -2.17. The number of aliphatic hydroxyl groups excluding tert-OH is 1. The first-order chi connectivity index (χ1) is 16.9. The number of carboxylic acid groups (broad SMARTS) is 1. The number of H-pyrrole nitrogens is 1. The molecule has 0 aliphatic rings. The molecule has 3 rings (SSSR count). The van der Waals surface area contributed by atoms with Crippen LogP contribution in [-0.4, -0.2) is 70.6 Å². The lowest BCUT2D eigenvalue weighted by atomic mass is 10.1. The third-order valence-electron chi connectivity index (χ3n) is 4.54. The fraction of sp³-hybridized carbons (Fsp3) is 0.261. The molecule has 2 aromatic carbocycles. The summed E-state index contributed by atoms with van der Waals surface area (Å²) in [7, 11) is 3.87. The van der Waals surface area contributed by atoms with Gasteiger partial charge >= 0.3 is 12.1 Å². The van der Waals surface area contributed by atoms with Crippen LogP contribution in [0.3, 0.4) is 0 Å². The molecule has 4 N–H and O–H groups in total. The van der Waals surface area contributed by atoms with Crippen LogP contribution in [0, 0.1) is 5.82 Å². The molecule has 1 atom stereocenters. The van der Waals surface area contributed by atoms with E-state index in [-0.39, 0.29) is 0 Å². The largest absolute Gasteiger partial charge is 0.490 e. The highest BCUT2D eigenvalue weighted by molar-refractivity contribution is 5.96. The van der Waals surface area contributed by atoms with Gasteiger partial charge in [0.05, 0.1) is 11.9 Å². The molecule has 1 aromatic heterocycles. The van der Waals surface area contributed by atoms with Crippen LogP contribution >= 0.6 is 0 Å². The molecule has 0 saturated heterocycles. The molecule has 1 amide bonds. The van der Waals surface area contributed by atoms with E-state index in [1.165, 1.54) is 24.3 Å². The number of rotatable bonds is 8. The number of carbonyl (C=O) groups is 2. The van der Waals surface area contributed by atoms with Crippen molar-refractivity contribution in [3.8, 4) is 16.9 Å². The minimum atomic E-state index is -5.08. The van der Waals surface area contributed by atoms with Crippen LogP contribution < -0.4 is 10.1 Å². The first-order valence-electron chi connectivity index (χ1n) is 10.3. The average molecular weight is 512 g/mol. The van der Waals surface area contributed by atoms with Gasteiger partial charge in [0.2, 0.25) is 0 Å². The molecular weight excluding hydrogens is 488 g/mol. The van der Waals surface area contributed by atoms with Gasteiger partial charge in [-0.1, -0.05) is 18.2 Å². The Labute approximate surface area is 203 Å². The van der Waals surface area contributed by atoms with Crippen molar-refractivity contribution in [2.75, 3.05) is 32.6 Å². The number of ether oxygens (including phenoxy) is 1. The van der Waals surface area contributed by atoms with Crippen LogP contribution in [0.15, 0.2) is 54.9 Å². The second kappa shape index (κ2) is 12.7. The van der Waals surface area contributed by atoms with Crippen LogP contribution in [0.25, 0.3) is 11.1 Å². The highest BCUT2D eigenvalue weighted by Crippen LogP contribution is 2.31. The summed E-state index contributed by atoms with van der Waals surface area (Å²) in [4.78, 5) is 23.4. The van der Waals surface area contributed by atoms with Gasteiger partial charge < -0.3 is 25.2 Å². The number of aromatic amines is 1. The van der Waals surface area contributed by atoms with Gasteiger partial charge in [0, 0.05) is 18.3 Å². The second-order valence-electron chi connectivity index (χ2n) is 7.60. The van der Waals surface area contributed by atoms with E-state index in [1.54, 1.807) is 24.5 Å². The topological polar surface area (TPSA) is 128 Å². The number of halogens is 4. The predicted octanol–water partition coefficient (Wildman–Crippen LogP) is 3.46. The van der Waals surface area contributed by atoms with Gasteiger partial charge in [0.15, 0.2) is 6.10 Å². The van der Waals surface area contributed by atoms with E-state index in [0.29, 0.717) is 30.2 Å². The number of carbonyl (C=O) groups excluding carboxylic acids is 1. The number of hydrogen-bond donors (Lipinski definition) is 4. The van der Waals surface area contributed by atoms with Crippen LogP contribution in [0.4, 0.5) is 23.2 Å². The number of aromatic nitrogens is 2. The third-order valence-corrected chi connectivity index (χ3v) is 4.54. The van der Waals surface area contributed by atoms with Gasteiger partial charge in [-0.3, -0.25) is 9.89 Å². The molecule has 194 valence electrons. The van der Waals surface area contributed by atoms with Crippen molar-refractivity contribution >= 4 is 17.6 Å². The number of benzene rings is 2. The van der Waals surface area contributed by atoms with E-state index in [2.05, 4.69) is 15.5 Å². The van der Waals surface area contributed by atoms with Crippen LogP contribution in [0.2, 0.25) is 0 Å². The summed E-state index contributed by atoms with van der Waals surface area (Å²) >= 11 is 0. The number of nitrogens with one attached hydrogen (secondary N) is 2. The zero-order chi connectivity index (χ0) is 26.9. The molecule has 0 spiro atoms. The van der Waals surface area contributed by atoms with Crippen LogP contribution in [-0.2, 0) is 9.59 Å². The van der Waals surface area contributed by atoms with Crippen molar-refractivity contribution in [2.24, 2.45) is 0 Å². The van der Waals surface area contributed by atoms with Gasteiger partial charge in [-0.05, 0) is 49.5 Å². The quantitative estimate of drug-likeness (QED) is 0.341. The predicted molar refractivity (Wildman–Crippen MR) is 122 cm³/mol. The first kappa shape index (κ1) is 28.3.